The number of nitrogens with zero attached hydrogens (tertiary/aromatic N) is 2. The van der Waals surface area contributed by atoms with Gasteiger partial charge in [0.1, 0.15) is 6.61 Å². The van der Waals surface area contributed by atoms with Crippen molar-refractivity contribution in [3.63, 3.8) is 0 Å². The lowest BCUT2D eigenvalue weighted by molar-refractivity contribution is -0.145. The fourth-order valence-corrected chi connectivity index (χ4v) is 7.85. The minimum atomic E-state index is -0.334. The third kappa shape index (κ3) is 14.8. The number of carbonyl (C=O) groups is 2. The standard InChI is InChI=1S/C50H68N4O11/c1-9-37-33(3)41-29-42-35(5)39(11-13-49(55)58-8)47(53-42)32-48-40(36(6)44(54-48)31-46-38(10-2)34(4)43(52-46)30-45(37)51-41)12-14-50(56)65-28-27-64-26-25-63-24-23-62-22-21-61-20-19-60-18-17-59-16-15-57-7/h9-10,29-32,35,39,51-52H,1-2,11-28H2,3-8H3. The maximum Gasteiger partial charge on any atom is 0.306 e. The molecule has 8 bridgehead atoms. The molecule has 2 unspecified atom stereocenters. The molecule has 2 aliphatic heterocycles. The highest BCUT2D eigenvalue weighted by Crippen LogP contribution is 2.42. The lowest BCUT2D eigenvalue weighted by atomic mass is 9.87. The number of aryl methyl sites for hydroxylation is 2. The number of aromatic nitrogens is 4. The first-order valence-corrected chi connectivity index (χ1v) is 22.5. The maximum absolute atomic E-state index is 13.1. The third-order valence-electron chi connectivity index (χ3n) is 11.6. The molecule has 2 aliphatic rings. The number of H-pyrrole nitrogens is 2. The topological polar surface area (TPSA) is 175 Å². The number of fused-ring (bicyclic) bond motifs is 8. The maximum atomic E-state index is 13.1. The molecule has 3 aromatic heterocycles. The van der Waals surface area contributed by atoms with Crippen LogP contribution in [0.25, 0.3) is 45.4 Å². The average molecular weight is 901 g/mol. The van der Waals surface area contributed by atoms with Crippen molar-refractivity contribution < 1.29 is 52.2 Å². The minimum absolute atomic E-state index is 0.00570. The van der Waals surface area contributed by atoms with Gasteiger partial charge in [-0.3, -0.25) is 14.6 Å². The van der Waals surface area contributed by atoms with Crippen molar-refractivity contribution in [1.82, 2.24) is 19.9 Å². The highest BCUT2D eigenvalue weighted by atomic mass is 16.6. The van der Waals surface area contributed by atoms with Crippen LogP contribution < -0.4 is 0 Å². The molecule has 0 radical (unpaired) electrons. The Morgan fingerprint density at radius 3 is 1.63 bits per heavy atom. The SMILES string of the molecule is C=Cc1c(C)c2cc3[nH]c(cc4nc(cc5nc(cc1[nH]2)C(C)=C5CCC(=O)OCCOCCOCCOCCOCCOCCOCCOC)C(CCC(=O)OC)C4C)c(C)c3C=C. The predicted molar refractivity (Wildman–Crippen MR) is 253 cm³/mol. The summed E-state index contributed by atoms with van der Waals surface area (Å²) in [6, 6.07) is 8.26. The van der Waals surface area contributed by atoms with Gasteiger partial charge in [0.05, 0.1) is 104 Å². The Kier molecular flexibility index (Phi) is 21.1. The molecule has 0 aliphatic carbocycles. The second-order valence-corrected chi connectivity index (χ2v) is 15.8. The number of rotatable bonds is 29. The number of hydrogen-bond donors (Lipinski definition) is 2. The zero-order valence-electron chi connectivity index (χ0n) is 39.1. The Hall–Kier alpha value is -5.00. The summed E-state index contributed by atoms with van der Waals surface area (Å²) in [7, 11) is 3.05. The van der Waals surface area contributed by atoms with Crippen molar-refractivity contribution in [2.24, 2.45) is 0 Å². The Balaban J connectivity index is 1.17. The summed E-state index contributed by atoms with van der Waals surface area (Å²) in [5.74, 6) is -0.666. The quantitative estimate of drug-likeness (QED) is 0.0506. The van der Waals surface area contributed by atoms with Crippen molar-refractivity contribution >= 4 is 57.3 Å². The number of esters is 2. The first-order chi connectivity index (χ1) is 31.6. The van der Waals surface area contributed by atoms with Gasteiger partial charge in [0.25, 0.3) is 0 Å². The molecule has 3 aromatic rings. The summed E-state index contributed by atoms with van der Waals surface area (Å²) in [6.45, 7) is 22.7. The molecule has 2 atom stereocenters. The number of hydrogen-bond acceptors (Lipinski definition) is 13. The Morgan fingerprint density at radius 2 is 1.11 bits per heavy atom. The molecule has 5 rings (SSSR count). The van der Waals surface area contributed by atoms with Crippen molar-refractivity contribution in [2.45, 2.75) is 65.2 Å². The molecular weight excluding hydrogens is 833 g/mol. The van der Waals surface area contributed by atoms with Crippen LogP contribution in [0.15, 0.2) is 37.4 Å². The van der Waals surface area contributed by atoms with E-state index in [1.165, 1.54) is 7.11 Å². The van der Waals surface area contributed by atoms with Crippen LogP contribution in [0.3, 0.4) is 0 Å². The van der Waals surface area contributed by atoms with Crippen LogP contribution in [0, 0.1) is 13.8 Å². The van der Waals surface area contributed by atoms with Crippen LogP contribution in [0.5, 0.6) is 0 Å². The molecule has 15 nitrogen and oxygen atoms in total. The largest absolute Gasteiger partial charge is 0.469 e. The molecule has 0 aromatic carbocycles. The Bertz CT molecular complexity index is 2260. The van der Waals surface area contributed by atoms with Crippen LogP contribution in [0.1, 0.15) is 96.4 Å². The molecule has 2 N–H and O–H groups in total. The molecule has 0 fully saturated rings. The second-order valence-electron chi connectivity index (χ2n) is 15.8. The van der Waals surface area contributed by atoms with Gasteiger partial charge in [0.15, 0.2) is 0 Å². The molecular formula is C50H68N4O11. The van der Waals surface area contributed by atoms with E-state index < -0.39 is 0 Å². The summed E-state index contributed by atoms with van der Waals surface area (Å²) >= 11 is 0. The van der Waals surface area contributed by atoms with E-state index in [-0.39, 0.29) is 49.8 Å². The average Bonchev–Trinajstić information content (AvgIpc) is 3.97. The molecule has 0 spiro atoms. The van der Waals surface area contributed by atoms with Crippen LogP contribution in [0.4, 0.5) is 0 Å². The number of ether oxygens (including phenoxy) is 9. The normalized spacial score (nSPS) is 14.8. The summed E-state index contributed by atoms with van der Waals surface area (Å²) in [5.41, 5.74) is 12.9. The van der Waals surface area contributed by atoms with E-state index >= 15 is 0 Å². The van der Waals surface area contributed by atoms with Gasteiger partial charge >= 0.3 is 11.9 Å². The van der Waals surface area contributed by atoms with Crippen molar-refractivity contribution in [3.05, 3.63) is 82.5 Å². The van der Waals surface area contributed by atoms with Gasteiger partial charge in [-0.2, -0.15) is 0 Å². The van der Waals surface area contributed by atoms with Gasteiger partial charge in [0, 0.05) is 76.4 Å². The number of carbonyl (C=O) groups excluding carboxylic acids is 2. The Labute approximate surface area is 382 Å². The molecule has 15 heteroatoms. The van der Waals surface area contributed by atoms with E-state index in [1.54, 1.807) is 7.11 Å². The van der Waals surface area contributed by atoms with Crippen molar-refractivity contribution in [3.8, 4) is 0 Å². The first-order valence-electron chi connectivity index (χ1n) is 22.5. The van der Waals surface area contributed by atoms with Crippen LogP contribution in [-0.4, -0.2) is 139 Å². The fourth-order valence-electron chi connectivity index (χ4n) is 7.85. The highest BCUT2D eigenvalue weighted by Gasteiger charge is 2.30. The zero-order chi connectivity index (χ0) is 46.6. The number of aromatic amines is 2. The number of methoxy groups -OCH3 is 2. The monoisotopic (exact) mass is 900 g/mol. The molecule has 0 amide bonds. The first kappa shape index (κ1) is 51.0. The second kappa shape index (κ2) is 26.8. The van der Waals surface area contributed by atoms with E-state index in [9.17, 15) is 9.59 Å². The van der Waals surface area contributed by atoms with Crippen LogP contribution in [0.2, 0.25) is 0 Å². The van der Waals surface area contributed by atoms with E-state index in [2.05, 4.69) is 56.0 Å². The van der Waals surface area contributed by atoms with Gasteiger partial charge in [-0.25, -0.2) is 4.98 Å². The minimum Gasteiger partial charge on any atom is -0.469 e. The smallest absolute Gasteiger partial charge is 0.306 e. The van der Waals surface area contributed by atoms with Crippen molar-refractivity contribution in [2.75, 3.05) is 107 Å². The lowest BCUT2D eigenvalue weighted by Gasteiger charge is -2.15. The molecule has 5 heterocycles. The highest BCUT2D eigenvalue weighted by molar-refractivity contribution is 5.94. The van der Waals surface area contributed by atoms with Gasteiger partial charge in [-0.15, -0.1) is 0 Å². The summed E-state index contributed by atoms with van der Waals surface area (Å²) in [4.78, 5) is 43.0. The van der Waals surface area contributed by atoms with Crippen LogP contribution >= 0.6 is 0 Å². The number of allylic oxidation sites excluding steroid dienone is 2. The van der Waals surface area contributed by atoms with Gasteiger partial charge in [0.2, 0.25) is 0 Å². The molecule has 354 valence electrons. The number of nitrogens with one attached hydrogen (secondary N) is 2. The summed E-state index contributed by atoms with van der Waals surface area (Å²) in [5, 5.41) is 0. The van der Waals surface area contributed by atoms with E-state index in [0.717, 1.165) is 78.2 Å². The molecule has 0 saturated carbocycles. The van der Waals surface area contributed by atoms with E-state index in [1.807, 2.05) is 31.2 Å². The van der Waals surface area contributed by atoms with Crippen molar-refractivity contribution in [1.29, 1.82) is 0 Å². The molecule has 0 saturated heterocycles. The third-order valence-corrected chi connectivity index (χ3v) is 11.6. The van der Waals surface area contributed by atoms with Gasteiger partial charge in [-0.1, -0.05) is 32.2 Å². The Morgan fingerprint density at radius 1 is 0.600 bits per heavy atom. The van der Waals surface area contributed by atoms with E-state index in [4.69, 9.17) is 52.6 Å². The zero-order valence-corrected chi connectivity index (χ0v) is 39.1. The fraction of sp³-hybridized carbons (Fsp3) is 0.520. The van der Waals surface area contributed by atoms with Gasteiger partial charge < -0.3 is 52.6 Å². The molecule has 65 heavy (non-hydrogen) atoms. The van der Waals surface area contributed by atoms with Crippen LogP contribution in [-0.2, 0) is 52.2 Å². The van der Waals surface area contributed by atoms with E-state index in [0.29, 0.717) is 92.1 Å². The summed E-state index contributed by atoms with van der Waals surface area (Å²) < 4.78 is 48.5. The summed E-state index contributed by atoms with van der Waals surface area (Å²) in [6.07, 6.45) is 5.09. The predicted octanol–water partition coefficient (Wildman–Crippen LogP) is 8.06. The lowest BCUT2D eigenvalue weighted by Crippen LogP contribution is -2.15. The van der Waals surface area contributed by atoms with Gasteiger partial charge in [-0.05, 0) is 80.2 Å².